The van der Waals surface area contributed by atoms with Crippen LogP contribution >= 0.6 is 23.4 Å². The molecule has 0 aliphatic carbocycles. The van der Waals surface area contributed by atoms with Crippen LogP contribution < -0.4 is 10.1 Å². The minimum atomic E-state index is -0.243. The van der Waals surface area contributed by atoms with E-state index in [9.17, 15) is 10.1 Å². The molecule has 4 nitrogen and oxygen atoms in total. The Hall–Kier alpha value is -2.42. The highest BCUT2D eigenvalue weighted by atomic mass is 35.5. The van der Waals surface area contributed by atoms with Crippen LogP contribution in [0.2, 0.25) is 5.02 Å². The van der Waals surface area contributed by atoms with Gasteiger partial charge in [-0.15, -0.1) is 11.8 Å². The van der Waals surface area contributed by atoms with Gasteiger partial charge in [0.15, 0.2) is 0 Å². The second-order valence-electron chi connectivity index (χ2n) is 6.08. The number of benzene rings is 2. The van der Waals surface area contributed by atoms with E-state index in [2.05, 4.69) is 11.4 Å². The second-order valence-corrected chi connectivity index (χ2v) is 7.50. The summed E-state index contributed by atoms with van der Waals surface area (Å²) in [6.45, 7) is 2.53. The quantitative estimate of drug-likeness (QED) is 0.742. The lowest BCUT2D eigenvalue weighted by atomic mass is 9.87. The largest absolute Gasteiger partial charge is 0.494 e. The van der Waals surface area contributed by atoms with Gasteiger partial charge in [-0.05, 0) is 42.3 Å². The molecule has 0 unspecified atom stereocenters. The number of amides is 1. The first-order valence-electron chi connectivity index (χ1n) is 8.64. The zero-order chi connectivity index (χ0) is 19.2. The molecule has 2 aromatic carbocycles. The number of halogens is 1. The fourth-order valence-corrected chi connectivity index (χ4v) is 4.08. The van der Waals surface area contributed by atoms with Gasteiger partial charge < -0.3 is 10.1 Å². The van der Waals surface area contributed by atoms with E-state index >= 15 is 0 Å². The predicted octanol–water partition coefficient (Wildman–Crippen LogP) is 5.01. The van der Waals surface area contributed by atoms with Gasteiger partial charge in [-0.3, -0.25) is 4.79 Å². The summed E-state index contributed by atoms with van der Waals surface area (Å²) in [5.41, 5.74) is 2.61. The molecule has 0 saturated carbocycles. The van der Waals surface area contributed by atoms with E-state index in [1.165, 1.54) is 11.8 Å². The summed E-state index contributed by atoms with van der Waals surface area (Å²) in [6.07, 6.45) is 0.266. The maximum Gasteiger partial charge on any atom is 0.225 e. The van der Waals surface area contributed by atoms with Crippen LogP contribution in [0.1, 0.15) is 30.4 Å². The Balaban J connectivity index is 1.83. The van der Waals surface area contributed by atoms with Crippen LogP contribution in [0, 0.1) is 11.3 Å². The lowest BCUT2D eigenvalue weighted by molar-refractivity contribution is -0.120. The van der Waals surface area contributed by atoms with Gasteiger partial charge in [-0.2, -0.15) is 5.26 Å². The number of hydrogen-bond acceptors (Lipinski definition) is 4. The molecule has 138 valence electrons. The van der Waals surface area contributed by atoms with Crippen molar-refractivity contribution in [3.63, 3.8) is 0 Å². The standard InChI is InChI=1S/C21H19ClN2O2S/c1-2-26-17-9-5-15(6-10-17)18-11-20(25)24-21(19(18)12-23)27-13-14-3-7-16(22)8-4-14/h3-10,18H,2,11,13H2,1H3,(H,24,25)/t18-/m0/s1. The number of allylic oxidation sites excluding steroid dienone is 1. The molecule has 0 radical (unpaired) electrons. The van der Waals surface area contributed by atoms with Gasteiger partial charge >= 0.3 is 0 Å². The molecule has 6 heteroatoms. The van der Waals surface area contributed by atoms with Gasteiger partial charge in [0.1, 0.15) is 5.75 Å². The number of nitrogens with zero attached hydrogens (tertiary/aromatic N) is 1. The lowest BCUT2D eigenvalue weighted by Gasteiger charge is -2.25. The normalized spacial score (nSPS) is 16.6. The van der Waals surface area contributed by atoms with Crippen molar-refractivity contribution in [3.8, 4) is 11.8 Å². The van der Waals surface area contributed by atoms with E-state index in [0.717, 1.165) is 16.9 Å². The summed E-state index contributed by atoms with van der Waals surface area (Å²) >= 11 is 7.38. The highest BCUT2D eigenvalue weighted by molar-refractivity contribution is 8.02. The molecule has 0 spiro atoms. The van der Waals surface area contributed by atoms with E-state index in [1.54, 1.807) is 0 Å². The molecule has 0 aromatic heterocycles. The van der Waals surface area contributed by atoms with Crippen molar-refractivity contribution in [2.24, 2.45) is 0 Å². The molecule has 1 aliphatic heterocycles. The summed E-state index contributed by atoms with van der Waals surface area (Å²) in [4.78, 5) is 12.2. The van der Waals surface area contributed by atoms with E-state index in [1.807, 2.05) is 55.5 Å². The SMILES string of the molecule is CCOc1ccc([C@@H]2CC(=O)NC(SCc3ccc(Cl)cc3)=C2C#N)cc1. The number of nitriles is 1. The molecule has 1 aliphatic rings. The van der Waals surface area contributed by atoms with Gasteiger partial charge in [0.05, 0.1) is 23.3 Å². The summed E-state index contributed by atoms with van der Waals surface area (Å²) < 4.78 is 5.47. The van der Waals surface area contributed by atoms with Gasteiger partial charge in [0.25, 0.3) is 0 Å². The molecule has 1 heterocycles. The molecule has 2 aromatic rings. The van der Waals surface area contributed by atoms with Crippen LogP contribution in [0.25, 0.3) is 0 Å². The summed E-state index contributed by atoms with van der Waals surface area (Å²) in [5, 5.41) is 13.9. The van der Waals surface area contributed by atoms with E-state index in [4.69, 9.17) is 16.3 Å². The Labute approximate surface area is 168 Å². The third-order valence-electron chi connectivity index (χ3n) is 4.25. The van der Waals surface area contributed by atoms with Gasteiger partial charge in [0, 0.05) is 23.1 Å². The van der Waals surface area contributed by atoms with Crippen LogP contribution in [0.4, 0.5) is 0 Å². The highest BCUT2D eigenvalue weighted by Gasteiger charge is 2.29. The zero-order valence-electron chi connectivity index (χ0n) is 14.9. The molecule has 0 saturated heterocycles. The highest BCUT2D eigenvalue weighted by Crippen LogP contribution is 2.37. The van der Waals surface area contributed by atoms with Gasteiger partial charge in [0.2, 0.25) is 5.91 Å². The molecule has 1 atom stereocenters. The molecular weight excluding hydrogens is 380 g/mol. The van der Waals surface area contributed by atoms with Crippen LogP contribution in [0.15, 0.2) is 59.1 Å². The summed E-state index contributed by atoms with van der Waals surface area (Å²) in [5.74, 6) is 1.11. The number of nitrogens with one attached hydrogen (secondary N) is 1. The molecule has 3 rings (SSSR count). The Bertz CT molecular complexity index is 886. The third-order valence-corrected chi connectivity index (χ3v) is 5.59. The maximum absolute atomic E-state index is 12.2. The van der Waals surface area contributed by atoms with Gasteiger partial charge in [-0.25, -0.2) is 0 Å². The maximum atomic E-state index is 12.2. The number of ether oxygens (including phenoxy) is 1. The molecule has 0 fully saturated rings. The van der Waals surface area contributed by atoms with E-state index in [0.29, 0.717) is 28.0 Å². The Kier molecular flexibility index (Phi) is 6.44. The first-order valence-corrected chi connectivity index (χ1v) is 10.0. The van der Waals surface area contributed by atoms with Gasteiger partial charge in [-0.1, -0.05) is 35.9 Å². The van der Waals surface area contributed by atoms with Crippen LogP contribution in [0.3, 0.4) is 0 Å². The van der Waals surface area contributed by atoms with Crippen LogP contribution in [-0.4, -0.2) is 12.5 Å². The van der Waals surface area contributed by atoms with Crippen molar-refractivity contribution in [3.05, 3.63) is 75.3 Å². The Morgan fingerprint density at radius 2 is 1.93 bits per heavy atom. The van der Waals surface area contributed by atoms with Crippen molar-refractivity contribution in [2.75, 3.05) is 6.61 Å². The number of rotatable bonds is 6. The topological polar surface area (TPSA) is 62.1 Å². The molecule has 1 N–H and O–H groups in total. The van der Waals surface area contributed by atoms with E-state index < -0.39 is 0 Å². The lowest BCUT2D eigenvalue weighted by Crippen LogP contribution is -2.30. The van der Waals surface area contributed by atoms with Crippen molar-refractivity contribution in [2.45, 2.75) is 25.0 Å². The van der Waals surface area contributed by atoms with Crippen molar-refractivity contribution in [1.82, 2.24) is 5.32 Å². The second kappa shape index (κ2) is 8.98. The Morgan fingerprint density at radius 1 is 1.22 bits per heavy atom. The monoisotopic (exact) mass is 398 g/mol. The van der Waals surface area contributed by atoms with E-state index in [-0.39, 0.29) is 18.2 Å². The fraction of sp³-hybridized carbons (Fsp3) is 0.238. The van der Waals surface area contributed by atoms with Crippen molar-refractivity contribution < 1.29 is 9.53 Å². The Morgan fingerprint density at radius 3 is 2.56 bits per heavy atom. The third kappa shape index (κ3) is 4.85. The average molecular weight is 399 g/mol. The molecular formula is C21H19ClN2O2S. The average Bonchev–Trinajstić information content (AvgIpc) is 2.68. The smallest absolute Gasteiger partial charge is 0.225 e. The number of carbonyl (C=O) groups excluding carboxylic acids is 1. The van der Waals surface area contributed by atoms with Crippen molar-refractivity contribution >= 4 is 29.3 Å². The number of thioether (sulfide) groups is 1. The minimum absolute atomic E-state index is 0.0773. The molecule has 0 bridgehead atoms. The number of hydrogen-bond donors (Lipinski definition) is 1. The molecule has 1 amide bonds. The predicted molar refractivity (Wildman–Crippen MR) is 108 cm³/mol. The number of carbonyl (C=O) groups is 1. The summed E-state index contributed by atoms with van der Waals surface area (Å²) in [7, 11) is 0. The first kappa shape index (κ1) is 19.3. The van der Waals surface area contributed by atoms with Crippen molar-refractivity contribution in [1.29, 1.82) is 5.26 Å². The minimum Gasteiger partial charge on any atom is -0.494 e. The summed E-state index contributed by atoms with van der Waals surface area (Å²) in [6, 6.07) is 17.4. The van der Waals surface area contributed by atoms with Crippen LogP contribution in [0.5, 0.6) is 5.75 Å². The van der Waals surface area contributed by atoms with Crippen LogP contribution in [-0.2, 0) is 10.5 Å². The molecule has 27 heavy (non-hydrogen) atoms. The zero-order valence-corrected chi connectivity index (χ0v) is 16.4. The fourth-order valence-electron chi connectivity index (χ4n) is 2.92. The first-order chi connectivity index (χ1) is 13.1.